The summed E-state index contributed by atoms with van der Waals surface area (Å²) in [5, 5.41) is 7.13. The molecule has 2 heteroatoms. The van der Waals surface area contributed by atoms with Gasteiger partial charge in [-0.3, -0.25) is 5.10 Å². The molecule has 82 valence electrons. The summed E-state index contributed by atoms with van der Waals surface area (Å²) in [5.74, 6) is 0. The van der Waals surface area contributed by atoms with Crippen molar-refractivity contribution in [1.29, 1.82) is 0 Å². The fourth-order valence-electron chi connectivity index (χ4n) is 1.64. The van der Waals surface area contributed by atoms with Crippen molar-refractivity contribution in [3.05, 3.63) is 34.7 Å². The van der Waals surface area contributed by atoms with Crippen LogP contribution in [0.5, 0.6) is 0 Å². The van der Waals surface area contributed by atoms with E-state index in [4.69, 9.17) is 0 Å². The lowest BCUT2D eigenvalue weighted by Crippen LogP contribution is -1.86. The molecule has 1 aromatic heterocycles. The van der Waals surface area contributed by atoms with Crippen LogP contribution >= 0.6 is 0 Å². The number of hydrogen-bond acceptors (Lipinski definition) is 1. The molecule has 0 aliphatic rings. The van der Waals surface area contributed by atoms with Crippen molar-refractivity contribution in [3.63, 3.8) is 0 Å². The third-order valence-electron chi connectivity index (χ3n) is 2.15. The van der Waals surface area contributed by atoms with Crippen molar-refractivity contribution in [2.45, 2.75) is 40.5 Å². The molecular weight excluding hydrogens is 184 g/mol. The summed E-state index contributed by atoms with van der Waals surface area (Å²) >= 11 is 0. The molecule has 0 bridgehead atoms. The molecule has 1 rings (SSSR count). The number of aryl methyl sites for hydroxylation is 1. The zero-order chi connectivity index (χ0) is 11.3. The summed E-state index contributed by atoms with van der Waals surface area (Å²) in [6, 6.07) is 0. The molecule has 0 amide bonds. The van der Waals surface area contributed by atoms with Gasteiger partial charge >= 0.3 is 0 Å². The predicted octanol–water partition coefficient (Wildman–Crippen LogP) is 3.73. The summed E-state index contributed by atoms with van der Waals surface area (Å²) in [6.45, 7) is 8.52. The molecule has 1 N–H and O–H groups in total. The van der Waals surface area contributed by atoms with Crippen LogP contribution in [0.4, 0.5) is 0 Å². The lowest BCUT2D eigenvalue weighted by molar-refractivity contribution is 0.865. The number of allylic oxidation sites excluding steroid dienone is 3. The van der Waals surface area contributed by atoms with Gasteiger partial charge in [-0.15, -0.1) is 0 Å². The lowest BCUT2D eigenvalue weighted by Gasteiger charge is -1.98. The first kappa shape index (κ1) is 11.8. The van der Waals surface area contributed by atoms with Gasteiger partial charge in [-0.25, -0.2) is 0 Å². The van der Waals surface area contributed by atoms with Crippen molar-refractivity contribution in [1.82, 2.24) is 10.2 Å². The number of nitrogens with zero attached hydrogens (tertiary/aromatic N) is 1. The average molecular weight is 204 g/mol. The number of hydrogen-bond donors (Lipinski definition) is 1. The van der Waals surface area contributed by atoms with Crippen molar-refractivity contribution in [2.24, 2.45) is 0 Å². The minimum Gasteiger partial charge on any atom is -0.282 e. The van der Waals surface area contributed by atoms with Crippen LogP contribution in [-0.4, -0.2) is 10.2 Å². The summed E-state index contributed by atoms with van der Waals surface area (Å²) in [7, 11) is 0. The smallest absolute Gasteiger partial charge is 0.0562 e. The maximum absolute atomic E-state index is 4.08. The van der Waals surface area contributed by atoms with Crippen LogP contribution in [-0.2, 0) is 6.42 Å². The molecule has 0 radical (unpaired) electrons. The number of aromatic nitrogens is 2. The van der Waals surface area contributed by atoms with Crippen molar-refractivity contribution >= 4 is 6.08 Å². The highest BCUT2D eigenvalue weighted by Crippen LogP contribution is 2.13. The van der Waals surface area contributed by atoms with E-state index in [2.05, 4.69) is 50.0 Å². The van der Waals surface area contributed by atoms with E-state index < -0.39 is 0 Å². The molecule has 0 aliphatic carbocycles. The summed E-state index contributed by atoms with van der Waals surface area (Å²) < 4.78 is 0. The zero-order valence-corrected chi connectivity index (χ0v) is 10.1. The van der Waals surface area contributed by atoms with Gasteiger partial charge in [0, 0.05) is 11.3 Å². The monoisotopic (exact) mass is 204 g/mol. The molecule has 0 saturated carbocycles. The maximum atomic E-state index is 4.08. The lowest BCUT2D eigenvalue weighted by atomic mass is 10.1. The quantitative estimate of drug-likeness (QED) is 0.744. The number of aromatic amines is 1. The largest absolute Gasteiger partial charge is 0.282 e. The van der Waals surface area contributed by atoms with Gasteiger partial charge in [0.1, 0.15) is 0 Å². The molecular formula is C13H20N2. The van der Waals surface area contributed by atoms with Gasteiger partial charge in [0.25, 0.3) is 0 Å². The molecule has 1 heterocycles. The Labute approximate surface area is 92.1 Å². The van der Waals surface area contributed by atoms with Crippen molar-refractivity contribution < 1.29 is 0 Å². The van der Waals surface area contributed by atoms with E-state index in [1.165, 1.54) is 22.4 Å². The van der Waals surface area contributed by atoms with E-state index in [0.717, 1.165) is 12.8 Å². The Morgan fingerprint density at radius 3 is 2.73 bits per heavy atom. The van der Waals surface area contributed by atoms with Crippen LogP contribution in [0, 0.1) is 0 Å². The van der Waals surface area contributed by atoms with Gasteiger partial charge < -0.3 is 0 Å². The van der Waals surface area contributed by atoms with Crippen LogP contribution in [0.2, 0.25) is 0 Å². The van der Waals surface area contributed by atoms with Gasteiger partial charge in [0.05, 0.1) is 6.20 Å². The highest BCUT2D eigenvalue weighted by molar-refractivity contribution is 5.56. The zero-order valence-electron chi connectivity index (χ0n) is 10.1. The summed E-state index contributed by atoms with van der Waals surface area (Å²) in [5.41, 5.74) is 5.05. The first-order valence-electron chi connectivity index (χ1n) is 5.49. The molecule has 1 aromatic rings. The standard InChI is InChI=1S/C13H20N2/c1-5-6-13-12(9-14-15-13)8-11(4)7-10(2)3/h7-9H,5-6H2,1-4H3,(H,14,15)/b11-8-. The van der Waals surface area contributed by atoms with E-state index >= 15 is 0 Å². The fourth-order valence-corrected chi connectivity index (χ4v) is 1.64. The summed E-state index contributed by atoms with van der Waals surface area (Å²) in [4.78, 5) is 0. The van der Waals surface area contributed by atoms with E-state index in [0.29, 0.717) is 0 Å². The molecule has 0 unspecified atom stereocenters. The van der Waals surface area contributed by atoms with Gasteiger partial charge in [-0.2, -0.15) is 5.10 Å². The van der Waals surface area contributed by atoms with E-state index in [1.54, 1.807) is 0 Å². The highest BCUT2D eigenvalue weighted by atomic mass is 15.1. The van der Waals surface area contributed by atoms with Crippen molar-refractivity contribution in [2.75, 3.05) is 0 Å². The number of H-pyrrole nitrogens is 1. The molecule has 0 aliphatic heterocycles. The Balaban J connectivity index is 2.87. The van der Waals surface area contributed by atoms with Crippen LogP contribution < -0.4 is 0 Å². The molecule has 0 saturated heterocycles. The van der Waals surface area contributed by atoms with Crippen LogP contribution in [0.15, 0.2) is 23.4 Å². The van der Waals surface area contributed by atoms with Crippen LogP contribution in [0.3, 0.4) is 0 Å². The van der Waals surface area contributed by atoms with Crippen LogP contribution in [0.1, 0.15) is 45.4 Å². The third kappa shape index (κ3) is 3.74. The molecule has 0 fully saturated rings. The highest BCUT2D eigenvalue weighted by Gasteiger charge is 2.00. The molecule has 15 heavy (non-hydrogen) atoms. The minimum atomic E-state index is 1.06. The Bertz CT molecular complexity index is 366. The van der Waals surface area contributed by atoms with Gasteiger partial charge in [-0.1, -0.05) is 30.6 Å². The molecule has 0 spiro atoms. The van der Waals surface area contributed by atoms with E-state index in [1.807, 2.05) is 6.20 Å². The molecule has 2 nitrogen and oxygen atoms in total. The first-order valence-corrected chi connectivity index (χ1v) is 5.49. The summed E-state index contributed by atoms with van der Waals surface area (Å²) in [6.07, 6.45) is 8.47. The molecule has 0 atom stereocenters. The predicted molar refractivity (Wildman–Crippen MR) is 65.7 cm³/mol. The number of rotatable bonds is 4. The van der Waals surface area contributed by atoms with Crippen molar-refractivity contribution in [3.8, 4) is 0 Å². The SMILES string of the molecule is CCCc1[nH]ncc1/C=C(/C)C=C(C)C. The fraction of sp³-hybridized carbons (Fsp3) is 0.462. The Kier molecular flexibility index (Phi) is 4.35. The average Bonchev–Trinajstić information content (AvgIpc) is 2.52. The van der Waals surface area contributed by atoms with Gasteiger partial charge in [0.15, 0.2) is 0 Å². The van der Waals surface area contributed by atoms with Gasteiger partial charge in [-0.05, 0) is 33.3 Å². The van der Waals surface area contributed by atoms with Gasteiger partial charge in [0.2, 0.25) is 0 Å². The first-order chi connectivity index (χ1) is 7.13. The second kappa shape index (κ2) is 5.54. The number of nitrogens with one attached hydrogen (secondary N) is 1. The Morgan fingerprint density at radius 2 is 2.13 bits per heavy atom. The third-order valence-corrected chi connectivity index (χ3v) is 2.15. The topological polar surface area (TPSA) is 28.7 Å². The van der Waals surface area contributed by atoms with Crippen LogP contribution in [0.25, 0.3) is 6.08 Å². The Morgan fingerprint density at radius 1 is 1.40 bits per heavy atom. The second-order valence-electron chi connectivity index (χ2n) is 4.16. The second-order valence-corrected chi connectivity index (χ2v) is 4.16. The molecule has 0 aromatic carbocycles. The van der Waals surface area contributed by atoms with E-state index in [-0.39, 0.29) is 0 Å². The Hall–Kier alpha value is -1.31. The minimum absolute atomic E-state index is 1.06. The van der Waals surface area contributed by atoms with E-state index in [9.17, 15) is 0 Å². The maximum Gasteiger partial charge on any atom is 0.0562 e. The normalized spacial score (nSPS) is 11.6.